The van der Waals surface area contributed by atoms with E-state index in [9.17, 15) is 9.59 Å². The van der Waals surface area contributed by atoms with Gasteiger partial charge >= 0.3 is 0 Å². The summed E-state index contributed by atoms with van der Waals surface area (Å²) >= 11 is 6.20. The average Bonchev–Trinajstić information content (AvgIpc) is 3.28. The number of likely N-dealkylation sites (tertiary alicyclic amines) is 1. The van der Waals surface area contributed by atoms with Gasteiger partial charge in [-0.2, -0.15) is 5.10 Å². The van der Waals surface area contributed by atoms with Crippen molar-refractivity contribution in [2.75, 3.05) is 19.6 Å². The van der Waals surface area contributed by atoms with Crippen LogP contribution in [0.2, 0.25) is 5.02 Å². The average molecular weight is 359 g/mol. The van der Waals surface area contributed by atoms with Crippen molar-refractivity contribution in [3.63, 3.8) is 0 Å². The first-order chi connectivity index (χ1) is 12.1. The summed E-state index contributed by atoms with van der Waals surface area (Å²) in [7, 11) is 0. The van der Waals surface area contributed by atoms with Crippen molar-refractivity contribution in [1.29, 1.82) is 0 Å². The first kappa shape index (κ1) is 16.1. The molecule has 25 heavy (non-hydrogen) atoms. The van der Waals surface area contributed by atoms with Crippen molar-refractivity contribution in [3.8, 4) is 0 Å². The number of nitrogens with zero attached hydrogens (tertiary/aromatic N) is 4. The second-order valence-corrected chi connectivity index (χ2v) is 6.86. The summed E-state index contributed by atoms with van der Waals surface area (Å²) in [5.41, 5.74) is 1.75. The van der Waals surface area contributed by atoms with E-state index in [1.54, 1.807) is 20.5 Å². The number of hydrogen-bond donors (Lipinski definition) is 0. The first-order valence-electron chi connectivity index (χ1n) is 8.53. The number of amides is 2. The fraction of sp³-hybridized carbons (Fsp3) is 0.389. The Kier molecular flexibility index (Phi) is 4.21. The standard InChI is InChI=1S/C18H19ClN4O2/c19-14-6-2-1-5-13(14)12-22-9-10-23-16(18(22)25)11-15(20-23)17(24)21-7-3-4-8-21/h1-2,5-6,11H,3-4,7-10,12H2. The fourth-order valence-electron chi connectivity index (χ4n) is 3.41. The van der Waals surface area contributed by atoms with Gasteiger partial charge in [0.25, 0.3) is 11.8 Å². The molecule has 130 valence electrons. The van der Waals surface area contributed by atoms with Gasteiger partial charge in [-0.1, -0.05) is 29.8 Å². The van der Waals surface area contributed by atoms with Crippen LogP contribution >= 0.6 is 11.6 Å². The van der Waals surface area contributed by atoms with Crippen molar-refractivity contribution >= 4 is 23.4 Å². The number of carbonyl (C=O) groups is 2. The van der Waals surface area contributed by atoms with Gasteiger partial charge in [0, 0.05) is 37.3 Å². The number of fused-ring (bicyclic) bond motifs is 1. The van der Waals surface area contributed by atoms with Crippen LogP contribution in [0.3, 0.4) is 0 Å². The maximum Gasteiger partial charge on any atom is 0.274 e. The van der Waals surface area contributed by atoms with E-state index < -0.39 is 0 Å². The summed E-state index contributed by atoms with van der Waals surface area (Å²) in [6.45, 7) is 3.13. The van der Waals surface area contributed by atoms with Crippen molar-refractivity contribution in [2.24, 2.45) is 0 Å². The first-order valence-corrected chi connectivity index (χ1v) is 8.91. The van der Waals surface area contributed by atoms with Crippen LogP contribution in [0.5, 0.6) is 0 Å². The number of aromatic nitrogens is 2. The second kappa shape index (κ2) is 6.52. The van der Waals surface area contributed by atoms with Crippen LogP contribution in [0.1, 0.15) is 39.4 Å². The molecule has 0 atom stereocenters. The minimum atomic E-state index is -0.112. The molecule has 0 bridgehead atoms. The van der Waals surface area contributed by atoms with Crippen molar-refractivity contribution in [2.45, 2.75) is 25.9 Å². The third-order valence-corrected chi connectivity index (χ3v) is 5.17. The van der Waals surface area contributed by atoms with Crippen LogP contribution in [0.15, 0.2) is 30.3 Å². The van der Waals surface area contributed by atoms with Gasteiger partial charge in [0.1, 0.15) is 5.69 Å². The molecule has 2 aliphatic rings. The van der Waals surface area contributed by atoms with E-state index in [0.29, 0.717) is 36.0 Å². The number of rotatable bonds is 3. The van der Waals surface area contributed by atoms with E-state index in [1.807, 2.05) is 24.3 Å². The maximum absolute atomic E-state index is 12.8. The Morgan fingerprint density at radius 2 is 1.88 bits per heavy atom. The van der Waals surface area contributed by atoms with E-state index in [1.165, 1.54) is 0 Å². The number of hydrogen-bond acceptors (Lipinski definition) is 3. The molecule has 4 rings (SSSR count). The number of benzene rings is 1. The van der Waals surface area contributed by atoms with Crippen molar-refractivity contribution < 1.29 is 9.59 Å². The largest absolute Gasteiger partial charge is 0.337 e. The van der Waals surface area contributed by atoms with E-state index >= 15 is 0 Å². The molecule has 1 fully saturated rings. The summed E-state index contributed by atoms with van der Waals surface area (Å²) < 4.78 is 1.65. The Morgan fingerprint density at radius 3 is 2.64 bits per heavy atom. The lowest BCUT2D eigenvalue weighted by Crippen LogP contribution is -2.39. The van der Waals surface area contributed by atoms with Crippen LogP contribution < -0.4 is 0 Å². The highest BCUT2D eigenvalue weighted by atomic mass is 35.5. The van der Waals surface area contributed by atoms with Gasteiger partial charge in [-0.05, 0) is 24.5 Å². The van der Waals surface area contributed by atoms with Gasteiger partial charge in [-0.15, -0.1) is 0 Å². The number of carbonyl (C=O) groups excluding carboxylic acids is 2. The molecule has 0 radical (unpaired) electrons. The molecule has 2 aromatic rings. The smallest absolute Gasteiger partial charge is 0.274 e. The molecule has 1 aromatic carbocycles. The molecule has 0 N–H and O–H groups in total. The SMILES string of the molecule is O=C(c1cc2n(n1)CCN(Cc1ccccc1Cl)C2=O)N1CCCC1. The molecule has 3 heterocycles. The van der Waals surface area contributed by atoms with Crippen LogP contribution in [0, 0.1) is 0 Å². The van der Waals surface area contributed by atoms with Crippen LogP contribution in [-0.4, -0.2) is 51.0 Å². The highest BCUT2D eigenvalue weighted by Gasteiger charge is 2.30. The number of halogens is 1. The Labute approximate surface area is 151 Å². The topological polar surface area (TPSA) is 58.4 Å². The molecule has 2 aliphatic heterocycles. The molecule has 0 saturated carbocycles. The minimum Gasteiger partial charge on any atom is -0.337 e. The molecule has 0 aliphatic carbocycles. The summed E-state index contributed by atoms with van der Waals surface area (Å²) in [6, 6.07) is 9.15. The fourth-order valence-corrected chi connectivity index (χ4v) is 3.60. The van der Waals surface area contributed by atoms with Crippen LogP contribution in [0.25, 0.3) is 0 Å². The summed E-state index contributed by atoms with van der Waals surface area (Å²) in [6.07, 6.45) is 2.06. The van der Waals surface area contributed by atoms with Crippen molar-refractivity contribution in [1.82, 2.24) is 19.6 Å². The van der Waals surface area contributed by atoms with Gasteiger partial charge in [0.2, 0.25) is 0 Å². The highest BCUT2D eigenvalue weighted by molar-refractivity contribution is 6.31. The van der Waals surface area contributed by atoms with E-state index in [-0.39, 0.29) is 11.8 Å². The van der Waals surface area contributed by atoms with Crippen molar-refractivity contribution in [3.05, 3.63) is 52.3 Å². The monoisotopic (exact) mass is 358 g/mol. The Balaban J connectivity index is 1.54. The zero-order chi connectivity index (χ0) is 17.4. The van der Waals surface area contributed by atoms with E-state index in [0.717, 1.165) is 31.5 Å². The van der Waals surface area contributed by atoms with Gasteiger partial charge < -0.3 is 9.80 Å². The zero-order valence-electron chi connectivity index (χ0n) is 13.8. The van der Waals surface area contributed by atoms with Gasteiger partial charge in [-0.25, -0.2) is 0 Å². The van der Waals surface area contributed by atoms with Crippen LogP contribution in [0.4, 0.5) is 0 Å². The minimum absolute atomic E-state index is 0.0788. The molecule has 7 heteroatoms. The molecule has 1 aromatic heterocycles. The van der Waals surface area contributed by atoms with E-state index in [4.69, 9.17) is 11.6 Å². The predicted molar refractivity (Wildman–Crippen MR) is 93.6 cm³/mol. The van der Waals surface area contributed by atoms with Gasteiger partial charge in [-0.3, -0.25) is 14.3 Å². The predicted octanol–water partition coefficient (Wildman–Crippen LogP) is 2.43. The molecule has 1 saturated heterocycles. The summed E-state index contributed by atoms with van der Waals surface area (Å²) in [5.74, 6) is -0.191. The highest BCUT2D eigenvalue weighted by Crippen LogP contribution is 2.21. The quantitative estimate of drug-likeness (QED) is 0.846. The lowest BCUT2D eigenvalue weighted by molar-refractivity contribution is 0.0682. The Morgan fingerprint density at radius 1 is 1.12 bits per heavy atom. The second-order valence-electron chi connectivity index (χ2n) is 6.46. The lowest BCUT2D eigenvalue weighted by atomic mass is 10.2. The zero-order valence-corrected chi connectivity index (χ0v) is 14.6. The van der Waals surface area contributed by atoms with E-state index in [2.05, 4.69) is 5.10 Å². The molecule has 0 spiro atoms. The maximum atomic E-state index is 12.8. The van der Waals surface area contributed by atoms with Gasteiger partial charge in [0.05, 0.1) is 6.54 Å². The Hall–Kier alpha value is -2.34. The normalized spacial score (nSPS) is 17.1. The Bertz CT molecular complexity index is 826. The van der Waals surface area contributed by atoms with Gasteiger partial charge in [0.15, 0.2) is 5.69 Å². The third kappa shape index (κ3) is 3.02. The lowest BCUT2D eigenvalue weighted by Gasteiger charge is -2.27. The molecule has 6 nitrogen and oxygen atoms in total. The summed E-state index contributed by atoms with van der Waals surface area (Å²) in [5, 5.41) is 5.01. The molecular formula is C18H19ClN4O2. The van der Waals surface area contributed by atoms with Crippen LogP contribution in [-0.2, 0) is 13.1 Å². The third-order valence-electron chi connectivity index (χ3n) is 4.80. The molecule has 2 amide bonds. The molecule has 0 unspecified atom stereocenters. The molecular weight excluding hydrogens is 340 g/mol. The summed E-state index contributed by atoms with van der Waals surface area (Å²) in [4.78, 5) is 28.8.